The third-order valence-corrected chi connectivity index (χ3v) is 3.88. The van der Waals surface area contributed by atoms with Crippen molar-refractivity contribution in [3.8, 4) is 5.75 Å². The van der Waals surface area contributed by atoms with Crippen LogP contribution in [0.15, 0.2) is 18.2 Å². The van der Waals surface area contributed by atoms with Crippen LogP contribution in [0, 0.1) is 5.92 Å². The van der Waals surface area contributed by atoms with Crippen LogP contribution in [0.25, 0.3) is 11.0 Å². The van der Waals surface area contributed by atoms with E-state index in [9.17, 15) is 0 Å². The van der Waals surface area contributed by atoms with Gasteiger partial charge in [0.25, 0.3) is 0 Å². The lowest BCUT2D eigenvalue weighted by molar-refractivity contribution is 0.343. The van der Waals surface area contributed by atoms with E-state index in [1.165, 1.54) is 0 Å². The third-order valence-electron chi connectivity index (χ3n) is 3.88. The minimum atomic E-state index is 0.326. The van der Waals surface area contributed by atoms with Crippen molar-refractivity contribution in [2.75, 3.05) is 12.3 Å². The lowest BCUT2D eigenvalue weighted by Gasteiger charge is -2.21. The summed E-state index contributed by atoms with van der Waals surface area (Å²) in [5.74, 6) is 1.92. The van der Waals surface area contributed by atoms with Crippen molar-refractivity contribution < 1.29 is 4.74 Å². The van der Waals surface area contributed by atoms with Crippen LogP contribution < -0.4 is 10.5 Å². The number of para-hydroxylation sites is 1. The van der Waals surface area contributed by atoms with E-state index in [-0.39, 0.29) is 0 Å². The molecule has 0 aliphatic heterocycles. The summed E-state index contributed by atoms with van der Waals surface area (Å²) >= 11 is 0. The number of hydrogen-bond donors (Lipinski definition) is 1. The van der Waals surface area contributed by atoms with Gasteiger partial charge in [-0.2, -0.15) is 0 Å². The summed E-state index contributed by atoms with van der Waals surface area (Å²) in [6, 6.07) is 6.32. The van der Waals surface area contributed by atoms with Crippen LogP contribution in [0.5, 0.6) is 5.75 Å². The topological polar surface area (TPSA) is 53.1 Å². The Labute approximate surface area is 114 Å². The van der Waals surface area contributed by atoms with Crippen LogP contribution in [0.4, 0.5) is 5.95 Å². The molecule has 0 saturated heterocycles. The molecule has 2 atom stereocenters. The van der Waals surface area contributed by atoms with Crippen LogP contribution in [0.2, 0.25) is 0 Å². The molecular weight excluding hydrogens is 238 g/mol. The minimum Gasteiger partial charge on any atom is -0.492 e. The SMILES string of the molecule is CCOc1cccc2c1nc(N)n2C(C)C(C)CC. The van der Waals surface area contributed by atoms with Gasteiger partial charge in [0.1, 0.15) is 11.3 Å². The van der Waals surface area contributed by atoms with Gasteiger partial charge >= 0.3 is 0 Å². The molecule has 0 bridgehead atoms. The van der Waals surface area contributed by atoms with E-state index in [4.69, 9.17) is 10.5 Å². The average molecular weight is 261 g/mol. The molecule has 1 aromatic carbocycles. The minimum absolute atomic E-state index is 0.326. The number of nitrogen functional groups attached to an aromatic ring is 1. The molecule has 2 aromatic rings. The second-order valence-electron chi connectivity index (χ2n) is 5.02. The van der Waals surface area contributed by atoms with E-state index in [2.05, 4.69) is 36.4 Å². The van der Waals surface area contributed by atoms with E-state index in [0.29, 0.717) is 24.5 Å². The first-order valence-electron chi connectivity index (χ1n) is 6.99. The zero-order valence-electron chi connectivity index (χ0n) is 12.2. The quantitative estimate of drug-likeness (QED) is 0.894. The summed E-state index contributed by atoms with van der Waals surface area (Å²) in [6.07, 6.45) is 1.12. The van der Waals surface area contributed by atoms with Crippen molar-refractivity contribution in [3.05, 3.63) is 18.2 Å². The van der Waals surface area contributed by atoms with Gasteiger partial charge in [-0.05, 0) is 31.9 Å². The van der Waals surface area contributed by atoms with E-state index in [0.717, 1.165) is 23.2 Å². The molecule has 0 amide bonds. The average Bonchev–Trinajstić information content (AvgIpc) is 2.74. The Morgan fingerprint density at radius 1 is 1.32 bits per heavy atom. The van der Waals surface area contributed by atoms with Crippen molar-refractivity contribution in [3.63, 3.8) is 0 Å². The molecule has 19 heavy (non-hydrogen) atoms. The maximum absolute atomic E-state index is 6.11. The van der Waals surface area contributed by atoms with Crippen molar-refractivity contribution in [2.45, 2.75) is 40.2 Å². The molecule has 0 spiro atoms. The summed E-state index contributed by atoms with van der Waals surface area (Å²) in [4.78, 5) is 4.49. The number of aromatic nitrogens is 2. The fourth-order valence-corrected chi connectivity index (χ4v) is 2.40. The maximum Gasteiger partial charge on any atom is 0.201 e. The number of rotatable bonds is 5. The van der Waals surface area contributed by atoms with Gasteiger partial charge < -0.3 is 15.0 Å². The van der Waals surface area contributed by atoms with Gasteiger partial charge in [0.2, 0.25) is 5.95 Å². The molecule has 104 valence electrons. The van der Waals surface area contributed by atoms with Crippen molar-refractivity contribution in [1.82, 2.24) is 9.55 Å². The van der Waals surface area contributed by atoms with Crippen molar-refractivity contribution >= 4 is 17.0 Å². The Morgan fingerprint density at radius 3 is 2.68 bits per heavy atom. The number of anilines is 1. The van der Waals surface area contributed by atoms with Gasteiger partial charge in [0.15, 0.2) is 0 Å². The smallest absolute Gasteiger partial charge is 0.201 e. The molecule has 0 aliphatic carbocycles. The molecule has 2 unspecified atom stereocenters. The first-order chi connectivity index (χ1) is 9.10. The van der Waals surface area contributed by atoms with E-state index in [1.807, 2.05) is 19.1 Å². The van der Waals surface area contributed by atoms with Gasteiger partial charge in [-0.25, -0.2) is 4.98 Å². The standard InChI is InChI=1S/C15H23N3O/c1-5-10(3)11(4)18-12-8-7-9-13(19-6-2)14(12)17-15(18)16/h7-11H,5-6H2,1-4H3,(H2,16,17). The van der Waals surface area contributed by atoms with Crippen LogP contribution in [-0.2, 0) is 0 Å². The zero-order chi connectivity index (χ0) is 14.0. The summed E-state index contributed by atoms with van der Waals surface area (Å²) < 4.78 is 7.74. The van der Waals surface area contributed by atoms with Gasteiger partial charge in [-0.3, -0.25) is 0 Å². The normalized spacial score (nSPS) is 14.5. The van der Waals surface area contributed by atoms with Gasteiger partial charge in [-0.15, -0.1) is 0 Å². The van der Waals surface area contributed by atoms with Crippen LogP contribution in [0.1, 0.15) is 40.2 Å². The van der Waals surface area contributed by atoms with E-state index < -0.39 is 0 Å². The Hall–Kier alpha value is -1.71. The predicted octanol–water partition coefficient (Wildman–Crippen LogP) is 3.62. The Morgan fingerprint density at radius 2 is 2.05 bits per heavy atom. The largest absolute Gasteiger partial charge is 0.492 e. The summed E-state index contributed by atoms with van der Waals surface area (Å²) in [7, 11) is 0. The molecule has 0 saturated carbocycles. The number of nitrogens with zero attached hydrogens (tertiary/aromatic N) is 2. The molecule has 2 rings (SSSR count). The number of benzene rings is 1. The molecule has 2 N–H and O–H groups in total. The molecular formula is C15H23N3O. The Kier molecular flexibility index (Phi) is 3.98. The molecule has 0 aliphatic rings. The maximum atomic E-state index is 6.11. The highest BCUT2D eigenvalue weighted by Crippen LogP contribution is 2.32. The van der Waals surface area contributed by atoms with E-state index >= 15 is 0 Å². The first-order valence-corrected chi connectivity index (χ1v) is 6.99. The fourth-order valence-electron chi connectivity index (χ4n) is 2.40. The molecule has 0 fully saturated rings. The highest BCUT2D eigenvalue weighted by molar-refractivity contribution is 5.84. The van der Waals surface area contributed by atoms with Crippen LogP contribution in [0.3, 0.4) is 0 Å². The second-order valence-corrected chi connectivity index (χ2v) is 5.02. The fraction of sp³-hybridized carbons (Fsp3) is 0.533. The molecule has 4 heteroatoms. The molecule has 1 heterocycles. The number of fused-ring (bicyclic) bond motifs is 1. The first kappa shape index (κ1) is 13.7. The number of imidazole rings is 1. The lowest BCUT2D eigenvalue weighted by atomic mass is 10.0. The predicted molar refractivity (Wildman–Crippen MR) is 79.5 cm³/mol. The van der Waals surface area contributed by atoms with Crippen LogP contribution >= 0.6 is 0 Å². The summed E-state index contributed by atoms with van der Waals surface area (Å²) in [5.41, 5.74) is 8.02. The third kappa shape index (κ3) is 2.39. The Balaban J connectivity index is 2.56. The highest BCUT2D eigenvalue weighted by atomic mass is 16.5. The van der Waals surface area contributed by atoms with E-state index in [1.54, 1.807) is 0 Å². The van der Waals surface area contributed by atoms with Crippen LogP contribution in [-0.4, -0.2) is 16.2 Å². The Bertz CT molecular complexity index is 562. The number of ether oxygens (including phenoxy) is 1. The molecule has 1 aromatic heterocycles. The number of hydrogen-bond acceptors (Lipinski definition) is 3. The second kappa shape index (κ2) is 5.51. The van der Waals surface area contributed by atoms with Gasteiger partial charge in [0, 0.05) is 6.04 Å². The summed E-state index contributed by atoms with van der Waals surface area (Å²) in [6.45, 7) is 9.23. The van der Waals surface area contributed by atoms with Gasteiger partial charge in [0.05, 0.1) is 12.1 Å². The highest BCUT2D eigenvalue weighted by Gasteiger charge is 2.19. The lowest BCUT2D eigenvalue weighted by Crippen LogP contribution is -2.15. The molecule has 0 radical (unpaired) electrons. The monoisotopic (exact) mass is 261 g/mol. The summed E-state index contributed by atoms with van der Waals surface area (Å²) in [5, 5.41) is 0. The van der Waals surface area contributed by atoms with Gasteiger partial charge in [-0.1, -0.05) is 26.3 Å². The zero-order valence-corrected chi connectivity index (χ0v) is 12.2. The van der Waals surface area contributed by atoms with Crippen molar-refractivity contribution in [1.29, 1.82) is 0 Å². The number of nitrogens with two attached hydrogens (primary N) is 1. The molecule has 4 nitrogen and oxygen atoms in total. The van der Waals surface area contributed by atoms with Crippen molar-refractivity contribution in [2.24, 2.45) is 5.92 Å².